The maximum atomic E-state index is 12.8. The van der Waals surface area contributed by atoms with Gasteiger partial charge in [0.25, 0.3) is 5.91 Å². The SMILES string of the molecule is Cc1nc(C)c(C(C)NC(=O)c2cccnc2Oc2ccc(Cl)cc2Cl)s1. The van der Waals surface area contributed by atoms with Gasteiger partial charge in [-0.15, -0.1) is 11.3 Å². The highest BCUT2D eigenvalue weighted by atomic mass is 35.5. The molecule has 1 atom stereocenters. The first-order valence-electron chi connectivity index (χ1n) is 8.18. The zero-order valence-electron chi connectivity index (χ0n) is 14.9. The average molecular weight is 422 g/mol. The maximum absolute atomic E-state index is 12.8. The smallest absolute Gasteiger partial charge is 0.257 e. The minimum atomic E-state index is -0.291. The van der Waals surface area contributed by atoms with Gasteiger partial charge in [0.05, 0.1) is 21.8 Å². The zero-order chi connectivity index (χ0) is 19.6. The van der Waals surface area contributed by atoms with Gasteiger partial charge in [0.15, 0.2) is 0 Å². The fraction of sp³-hybridized carbons (Fsp3) is 0.211. The minimum Gasteiger partial charge on any atom is -0.437 e. The van der Waals surface area contributed by atoms with Gasteiger partial charge in [-0.2, -0.15) is 0 Å². The van der Waals surface area contributed by atoms with Crippen LogP contribution >= 0.6 is 34.5 Å². The molecule has 3 rings (SSSR count). The Morgan fingerprint density at radius 1 is 1.26 bits per heavy atom. The Labute approximate surface area is 171 Å². The van der Waals surface area contributed by atoms with Crippen molar-refractivity contribution in [1.29, 1.82) is 0 Å². The fourth-order valence-corrected chi connectivity index (χ4v) is 3.97. The molecule has 2 aromatic heterocycles. The molecule has 140 valence electrons. The second-order valence-corrected chi connectivity index (χ2v) is 7.99. The van der Waals surface area contributed by atoms with Crippen LogP contribution in [0.15, 0.2) is 36.5 Å². The molecule has 0 aliphatic carbocycles. The van der Waals surface area contributed by atoms with Crippen LogP contribution in [0, 0.1) is 13.8 Å². The molecule has 1 N–H and O–H groups in total. The summed E-state index contributed by atoms with van der Waals surface area (Å²) in [7, 11) is 0. The molecule has 8 heteroatoms. The fourth-order valence-electron chi connectivity index (χ4n) is 2.60. The molecule has 0 aliphatic heterocycles. The standard InChI is InChI=1S/C19H17Cl2N3O2S/c1-10-17(27-12(3)23-10)11(2)24-18(25)14-5-4-8-22-19(14)26-16-7-6-13(20)9-15(16)21/h4-9,11H,1-3H3,(H,24,25). The summed E-state index contributed by atoms with van der Waals surface area (Å²) in [5.41, 5.74) is 1.23. The van der Waals surface area contributed by atoms with Gasteiger partial charge in [0.2, 0.25) is 5.88 Å². The van der Waals surface area contributed by atoms with E-state index in [1.807, 2.05) is 20.8 Å². The minimum absolute atomic E-state index is 0.170. The zero-order valence-corrected chi connectivity index (χ0v) is 17.2. The van der Waals surface area contributed by atoms with Gasteiger partial charge in [-0.05, 0) is 51.1 Å². The Bertz CT molecular complexity index is 991. The van der Waals surface area contributed by atoms with Crippen LogP contribution in [0.1, 0.15) is 38.9 Å². The third-order valence-electron chi connectivity index (χ3n) is 3.80. The first-order valence-corrected chi connectivity index (χ1v) is 9.75. The van der Waals surface area contributed by atoms with Gasteiger partial charge in [0.1, 0.15) is 11.3 Å². The number of nitrogens with zero attached hydrogens (tertiary/aromatic N) is 2. The number of nitrogens with one attached hydrogen (secondary N) is 1. The highest BCUT2D eigenvalue weighted by Crippen LogP contribution is 2.32. The molecule has 27 heavy (non-hydrogen) atoms. The van der Waals surface area contributed by atoms with Crippen molar-refractivity contribution in [2.75, 3.05) is 0 Å². The van der Waals surface area contributed by atoms with Gasteiger partial charge in [-0.1, -0.05) is 23.2 Å². The quantitative estimate of drug-likeness (QED) is 0.569. The van der Waals surface area contributed by atoms with Crippen LogP contribution in [0.3, 0.4) is 0 Å². The lowest BCUT2D eigenvalue weighted by Crippen LogP contribution is -2.27. The number of aryl methyl sites for hydroxylation is 2. The largest absolute Gasteiger partial charge is 0.437 e. The van der Waals surface area contributed by atoms with Gasteiger partial charge in [0, 0.05) is 16.1 Å². The molecular weight excluding hydrogens is 405 g/mol. The summed E-state index contributed by atoms with van der Waals surface area (Å²) in [4.78, 5) is 22.4. The first kappa shape index (κ1) is 19.6. The number of benzene rings is 1. The second-order valence-electron chi connectivity index (χ2n) is 5.91. The van der Waals surface area contributed by atoms with Crippen molar-refractivity contribution in [2.24, 2.45) is 0 Å². The van der Waals surface area contributed by atoms with Crippen molar-refractivity contribution in [2.45, 2.75) is 26.8 Å². The number of thiazole rings is 1. The first-order chi connectivity index (χ1) is 12.8. The summed E-state index contributed by atoms with van der Waals surface area (Å²) >= 11 is 13.6. The monoisotopic (exact) mass is 421 g/mol. The lowest BCUT2D eigenvalue weighted by atomic mass is 10.2. The van der Waals surface area contributed by atoms with E-state index in [-0.39, 0.29) is 17.8 Å². The van der Waals surface area contributed by atoms with E-state index < -0.39 is 0 Å². The van der Waals surface area contributed by atoms with Gasteiger partial charge < -0.3 is 10.1 Å². The van der Waals surface area contributed by atoms with Crippen molar-refractivity contribution in [1.82, 2.24) is 15.3 Å². The molecule has 2 heterocycles. The number of ether oxygens (including phenoxy) is 1. The lowest BCUT2D eigenvalue weighted by molar-refractivity contribution is 0.0937. The Balaban J connectivity index is 1.82. The van der Waals surface area contributed by atoms with Crippen LogP contribution in [0.4, 0.5) is 0 Å². The molecular formula is C19H17Cl2N3O2S. The van der Waals surface area contributed by atoms with Gasteiger partial charge >= 0.3 is 0 Å². The molecule has 0 spiro atoms. The molecule has 1 unspecified atom stereocenters. The van der Waals surface area contributed by atoms with Gasteiger partial charge in [-0.25, -0.2) is 9.97 Å². The molecule has 1 aromatic carbocycles. The Morgan fingerprint density at radius 3 is 2.70 bits per heavy atom. The number of aromatic nitrogens is 2. The molecule has 0 radical (unpaired) electrons. The summed E-state index contributed by atoms with van der Waals surface area (Å²) in [5, 5.41) is 4.77. The Kier molecular flexibility index (Phi) is 5.99. The average Bonchev–Trinajstić information content (AvgIpc) is 2.96. The van der Waals surface area contributed by atoms with E-state index in [4.69, 9.17) is 27.9 Å². The number of rotatable bonds is 5. The van der Waals surface area contributed by atoms with E-state index >= 15 is 0 Å². The van der Waals surface area contributed by atoms with Crippen LogP contribution in [0.5, 0.6) is 11.6 Å². The topological polar surface area (TPSA) is 64.1 Å². The number of hydrogen-bond acceptors (Lipinski definition) is 5. The molecule has 0 fully saturated rings. The van der Waals surface area contributed by atoms with Crippen molar-refractivity contribution < 1.29 is 9.53 Å². The van der Waals surface area contributed by atoms with Crippen molar-refractivity contribution in [3.63, 3.8) is 0 Å². The maximum Gasteiger partial charge on any atom is 0.257 e. The van der Waals surface area contributed by atoms with Gasteiger partial charge in [-0.3, -0.25) is 4.79 Å². The third-order valence-corrected chi connectivity index (χ3v) is 5.58. The van der Waals surface area contributed by atoms with Crippen molar-refractivity contribution >= 4 is 40.4 Å². The van der Waals surface area contributed by atoms with E-state index in [0.717, 1.165) is 15.6 Å². The summed E-state index contributed by atoms with van der Waals surface area (Å²) in [6.45, 7) is 5.80. The number of carbonyl (C=O) groups is 1. The predicted octanol–water partition coefficient (Wildman–Crippen LogP) is 5.75. The van der Waals surface area contributed by atoms with E-state index in [1.54, 1.807) is 47.9 Å². The number of amides is 1. The number of halogens is 2. The van der Waals surface area contributed by atoms with E-state index in [2.05, 4.69) is 15.3 Å². The number of carbonyl (C=O) groups excluding carboxylic acids is 1. The lowest BCUT2D eigenvalue weighted by Gasteiger charge is -2.15. The Hall–Kier alpha value is -2.15. The summed E-state index contributed by atoms with van der Waals surface area (Å²) in [6, 6.07) is 8.00. The van der Waals surface area contributed by atoms with Crippen LogP contribution in [0.25, 0.3) is 0 Å². The second kappa shape index (κ2) is 8.25. The number of hydrogen-bond donors (Lipinski definition) is 1. The molecule has 0 saturated heterocycles. The van der Waals surface area contributed by atoms with E-state index in [9.17, 15) is 4.79 Å². The number of pyridine rings is 1. The van der Waals surface area contributed by atoms with Crippen LogP contribution < -0.4 is 10.1 Å². The summed E-state index contributed by atoms with van der Waals surface area (Å²) in [5.74, 6) is 0.251. The molecule has 0 aliphatic rings. The van der Waals surface area contributed by atoms with Crippen LogP contribution in [-0.2, 0) is 0 Å². The molecule has 0 saturated carbocycles. The normalized spacial score (nSPS) is 11.9. The Morgan fingerprint density at radius 2 is 2.04 bits per heavy atom. The third kappa shape index (κ3) is 4.58. The molecule has 5 nitrogen and oxygen atoms in total. The highest BCUT2D eigenvalue weighted by molar-refractivity contribution is 7.11. The van der Waals surface area contributed by atoms with E-state index in [1.165, 1.54) is 0 Å². The molecule has 1 amide bonds. The summed E-state index contributed by atoms with van der Waals surface area (Å²) < 4.78 is 5.76. The van der Waals surface area contributed by atoms with Crippen molar-refractivity contribution in [3.05, 3.63) is 67.7 Å². The van der Waals surface area contributed by atoms with Crippen LogP contribution in [0.2, 0.25) is 10.0 Å². The van der Waals surface area contributed by atoms with E-state index in [0.29, 0.717) is 21.4 Å². The highest BCUT2D eigenvalue weighted by Gasteiger charge is 2.20. The van der Waals surface area contributed by atoms with Crippen LogP contribution in [-0.4, -0.2) is 15.9 Å². The predicted molar refractivity (Wildman–Crippen MR) is 108 cm³/mol. The molecule has 0 bridgehead atoms. The summed E-state index contributed by atoms with van der Waals surface area (Å²) in [6.07, 6.45) is 1.55. The molecule has 3 aromatic rings. The van der Waals surface area contributed by atoms with Crippen molar-refractivity contribution in [3.8, 4) is 11.6 Å².